The van der Waals surface area contributed by atoms with Crippen molar-refractivity contribution in [2.24, 2.45) is 0 Å². The molecule has 0 spiro atoms. The van der Waals surface area contributed by atoms with Crippen LogP contribution in [0, 0.1) is 0 Å². The number of para-hydroxylation sites is 1. The van der Waals surface area contributed by atoms with E-state index in [4.69, 9.17) is 4.98 Å². The fraction of sp³-hybridized carbons (Fsp3) is 0.238. The topological polar surface area (TPSA) is 76.9 Å². The van der Waals surface area contributed by atoms with Gasteiger partial charge in [-0.25, -0.2) is 9.97 Å². The number of aryl methyl sites for hydroxylation is 2. The first-order valence-corrected chi connectivity index (χ1v) is 12.3. The number of nitrogens with one attached hydrogen (secondary N) is 1. The SMILES string of the molecule is O=C(CSc1nc2sc3c(c2c(=O)n1-c1ccccc1)CCCC3)Nc1nccs1. The molecule has 3 heterocycles. The number of thioether (sulfide) groups is 1. The molecule has 1 aliphatic carbocycles. The number of aromatic nitrogens is 3. The van der Waals surface area contributed by atoms with Crippen molar-refractivity contribution in [2.45, 2.75) is 30.8 Å². The molecule has 30 heavy (non-hydrogen) atoms. The maximum Gasteiger partial charge on any atom is 0.267 e. The van der Waals surface area contributed by atoms with E-state index in [9.17, 15) is 9.59 Å². The fourth-order valence-corrected chi connectivity index (χ4v) is 6.32. The molecule has 0 saturated carbocycles. The molecular weight excluding hydrogens is 436 g/mol. The van der Waals surface area contributed by atoms with Gasteiger partial charge in [-0.15, -0.1) is 22.7 Å². The number of anilines is 1. The number of hydrogen-bond donors (Lipinski definition) is 1. The molecule has 0 aliphatic heterocycles. The highest BCUT2D eigenvalue weighted by Crippen LogP contribution is 2.35. The average molecular weight is 455 g/mol. The number of thiazole rings is 1. The third-order valence-corrected chi connectivity index (χ3v) is 7.80. The van der Waals surface area contributed by atoms with Crippen molar-refractivity contribution in [2.75, 3.05) is 11.1 Å². The Labute approximate surface area is 185 Å². The van der Waals surface area contributed by atoms with E-state index in [2.05, 4.69) is 10.3 Å². The molecule has 6 nitrogen and oxygen atoms in total. The van der Waals surface area contributed by atoms with Gasteiger partial charge in [0.1, 0.15) is 4.83 Å². The predicted octanol–water partition coefficient (Wildman–Crippen LogP) is 4.51. The lowest BCUT2D eigenvalue weighted by Crippen LogP contribution is -2.23. The highest BCUT2D eigenvalue weighted by atomic mass is 32.2. The third kappa shape index (κ3) is 3.68. The summed E-state index contributed by atoms with van der Waals surface area (Å²) in [4.78, 5) is 36.9. The molecule has 0 saturated heterocycles. The molecule has 0 fully saturated rings. The maximum atomic E-state index is 13.6. The summed E-state index contributed by atoms with van der Waals surface area (Å²) < 4.78 is 1.64. The molecule has 4 aromatic rings. The number of thiophene rings is 1. The third-order valence-electron chi connectivity index (χ3n) is 4.98. The van der Waals surface area contributed by atoms with Crippen molar-refractivity contribution < 1.29 is 4.79 Å². The zero-order chi connectivity index (χ0) is 20.5. The Morgan fingerprint density at radius 3 is 2.83 bits per heavy atom. The van der Waals surface area contributed by atoms with Crippen molar-refractivity contribution in [3.8, 4) is 5.69 Å². The molecule has 0 unspecified atom stereocenters. The van der Waals surface area contributed by atoms with Gasteiger partial charge in [-0.3, -0.25) is 14.2 Å². The molecule has 3 aromatic heterocycles. The molecule has 1 amide bonds. The molecule has 0 radical (unpaired) electrons. The second-order valence-corrected chi connectivity index (χ2v) is 9.86. The molecular formula is C21H18N4O2S3. The van der Waals surface area contributed by atoms with Crippen LogP contribution in [0.1, 0.15) is 23.3 Å². The van der Waals surface area contributed by atoms with Gasteiger partial charge in [-0.1, -0.05) is 30.0 Å². The average Bonchev–Trinajstić information content (AvgIpc) is 3.40. The summed E-state index contributed by atoms with van der Waals surface area (Å²) in [5.74, 6) is -0.0236. The summed E-state index contributed by atoms with van der Waals surface area (Å²) in [7, 11) is 0. The van der Waals surface area contributed by atoms with E-state index >= 15 is 0 Å². The maximum absolute atomic E-state index is 13.6. The van der Waals surface area contributed by atoms with Crippen LogP contribution in [0.15, 0.2) is 51.9 Å². The van der Waals surface area contributed by atoms with Crippen molar-refractivity contribution in [1.29, 1.82) is 0 Å². The van der Waals surface area contributed by atoms with E-state index in [-0.39, 0.29) is 17.2 Å². The van der Waals surface area contributed by atoms with Crippen LogP contribution in [0.5, 0.6) is 0 Å². The first-order valence-electron chi connectivity index (χ1n) is 9.65. The molecule has 1 aliphatic rings. The van der Waals surface area contributed by atoms with Gasteiger partial charge in [-0.2, -0.15) is 0 Å². The number of hydrogen-bond acceptors (Lipinski definition) is 7. The van der Waals surface area contributed by atoms with Crippen molar-refractivity contribution >= 4 is 55.7 Å². The van der Waals surface area contributed by atoms with Crippen LogP contribution in [0.4, 0.5) is 5.13 Å². The Morgan fingerprint density at radius 2 is 2.03 bits per heavy atom. The van der Waals surface area contributed by atoms with Gasteiger partial charge in [0.15, 0.2) is 10.3 Å². The number of nitrogens with zero attached hydrogens (tertiary/aromatic N) is 3. The van der Waals surface area contributed by atoms with Gasteiger partial charge < -0.3 is 5.32 Å². The van der Waals surface area contributed by atoms with E-state index in [0.717, 1.165) is 41.6 Å². The molecule has 0 bridgehead atoms. The summed E-state index contributed by atoms with van der Waals surface area (Å²) >= 11 is 4.26. The number of fused-ring (bicyclic) bond motifs is 3. The Balaban J connectivity index is 1.56. The number of rotatable bonds is 5. The Kier molecular flexibility index (Phi) is 5.41. The lowest BCUT2D eigenvalue weighted by Gasteiger charge is -2.13. The van der Waals surface area contributed by atoms with Crippen molar-refractivity contribution in [1.82, 2.24) is 14.5 Å². The standard InChI is InChI=1S/C21H18N4O2S3/c26-16(23-20-22-10-11-28-20)12-29-21-24-18-17(14-8-4-5-9-15(14)30-18)19(27)25(21)13-6-2-1-3-7-13/h1-3,6-7,10-11H,4-5,8-9,12H2,(H,22,23,26). The van der Waals surface area contributed by atoms with Crippen LogP contribution in [-0.4, -0.2) is 26.2 Å². The van der Waals surface area contributed by atoms with Crippen LogP contribution in [0.3, 0.4) is 0 Å². The first-order chi connectivity index (χ1) is 14.7. The van der Waals surface area contributed by atoms with Crippen LogP contribution < -0.4 is 10.9 Å². The molecule has 1 aromatic carbocycles. The number of amides is 1. The number of carbonyl (C=O) groups is 1. The highest BCUT2D eigenvalue weighted by molar-refractivity contribution is 7.99. The van der Waals surface area contributed by atoms with Gasteiger partial charge in [0.05, 0.1) is 16.8 Å². The molecule has 9 heteroatoms. The van der Waals surface area contributed by atoms with Gasteiger partial charge in [0.25, 0.3) is 5.56 Å². The molecule has 0 atom stereocenters. The summed E-state index contributed by atoms with van der Waals surface area (Å²) in [6.07, 6.45) is 5.86. The summed E-state index contributed by atoms with van der Waals surface area (Å²) in [5.41, 5.74) is 1.88. The zero-order valence-electron chi connectivity index (χ0n) is 16.0. The van der Waals surface area contributed by atoms with Crippen LogP contribution in [0.25, 0.3) is 15.9 Å². The predicted molar refractivity (Wildman–Crippen MR) is 123 cm³/mol. The second-order valence-electron chi connectivity index (χ2n) is 6.94. The Bertz CT molecular complexity index is 1260. The quantitative estimate of drug-likeness (QED) is 0.355. The minimum absolute atomic E-state index is 0.0477. The molecule has 5 rings (SSSR count). The van der Waals surface area contributed by atoms with E-state index in [0.29, 0.717) is 10.3 Å². The number of carbonyl (C=O) groups excluding carboxylic acids is 1. The van der Waals surface area contributed by atoms with Crippen LogP contribution in [-0.2, 0) is 17.6 Å². The van der Waals surface area contributed by atoms with E-state index in [1.807, 2.05) is 35.7 Å². The zero-order valence-corrected chi connectivity index (χ0v) is 18.4. The lowest BCUT2D eigenvalue weighted by atomic mass is 9.97. The van der Waals surface area contributed by atoms with E-state index < -0.39 is 0 Å². The van der Waals surface area contributed by atoms with E-state index in [1.165, 1.54) is 33.5 Å². The van der Waals surface area contributed by atoms with Gasteiger partial charge in [0, 0.05) is 16.5 Å². The Hall–Kier alpha value is -2.49. The van der Waals surface area contributed by atoms with Gasteiger partial charge >= 0.3 is 0 Å². The molecule has 1 N–H and O–H groups in total. The van der Waals surface area contributed by atoms with Crippen LogP contribution in [0.2, 0.25) is 0 Å². The Morgan fingerprint density at radius 1 is 1.20 bits per heavy atom. The monoisotopic (exact) mass is 454 g/mol. The summed E-state index contributed by atoms with van der Waals surface area (Å²) in [5, 5.41) is 6.43. The second kappa shape index (κ2) is 8.33. The van der Waals surface area contributed by atoms with Gasteiger partial charge in [0.2, 0.25) is 5.91 Å². The lowest BCUT2D eigenvalue weighted by molar-refractivity contribution is -0.113. The number of benzene rings is 1. The fourth-order valence-electron chi connectivity index (χ4n) is 3.66. The smallest absolute Gasteiger partial charge is 0.267 e. The highest BCUT2D eigenvalue weighted by Gasteiger charge is 2.23. The molecule has 152 valence electrons. The summed E-state index contributed by atoms with van der Waals surface area (Å²) in [6.45, 7) is 0. The first kappa shape index (κ1) is 19.5. The summed E-state index contributed by atoms with van der Waals surface area (Å²) in [6, 6.07) is 9.51. The van der Waals surface area contributed by atoms with Crippen molar-refractivity contribution in [3.05, 3.63) is 62.7 Å². The van der Waals surface area contributed by atoms with Crippen LogP contribution >= 0.6 is 34.4 Å². The minimum atomic E-state index is -0.172. The normalized spacial score (nSPS) is 13.3. The largest absolute Gasteiger partial charge is 0.301 e. The minimum Gasteiger partial charge on any atom is -0.301 e. The van der Waals surface area contributed by atoms with Gasteiger partial charge in [-0.05, 0) is 43.4 Å². The van der Waals surface area contributed by atoms with Crippen molar-refractivity contribution in [3.63, 3.8) is 0 Å². The van der Waals surface area contributed by atoms with E-state index in [1.54, 1.807) is 22.1 Å².